The molecule has 1 aromatic heterocycles. The van der Waals surface area contributed by atoms with E-state index in [1.54, 1.807) is 43.1 Å². The molecule has 0 radical (unpaired) electrons. The fourth-order valence-corrected chi connectivity index (χ4v) is 9.44. The Hall–Kier alpha value is -2.71. The van der Waals surface area contributed by atoms with Gasteiger partial charge in [0.25, 0.3) is 0 Å². The van der Waals surface area contributed by atoms with Crippen LogP contribution in [-0.2, 0) is 11.3 Å². The van der Waals surface area contributed by atoms with E-state index in [0.29, 0.717) is 28.7 Å². The van der Waals surface area contributed by atoms with E-state index in [9.17, 15) is 9.59 Å². The van der Waals surface area contributed by atoms with Crippen molar-refractivity contribution in [3.05, 3.63) is 68.6 Å². The lowest BCUT2D eigenvalue weighted by Crippen LogP contribution is -2.34. The number of carbonyl (C=O) groups is 1. The van der Waals surface area contributed by atoms with Crippen LogP contribution in [0.4, 0.5) is 5.69 Å². The molecule has 182 valence electrons. The van der Waals surface area contributed by atoms with Crippen LogP contribution in [0.3, 0.4) is 0 Å². The average Bonchev–Trinajstić information content (AvgIpc) is 3.58. The smallest absolute Gasteiger partial charge is 0.308 e. The minimum absolute atomic E-state index is 0.0184. The lowest BCUT2D eigenvalue weighted by molar-refractivity contribution is -0.116. The van der Waals surface area contributed by atoms with Crippen LogP contribution in [0, 0.1) is 17.8 Å². The molecule has 3 aromatic rings. The van der Waals surface area contributed by atoms with Gasteiger partial charge in [0.05, 0.1) is 19.2 Å². The Morgan fingerprint density at radius 2 is 1.66 bits per heavy atom. The van der Waals surface area contributed by atoms with Crippen LogP contribution in [0.1, 0.15) is 35.6 Å². The van der Waals surface area contributed by atoms with E-state index >= 15 is 0 Å². The van der Waals surface area contributed by atoms with Crippen molar-refractivity contribution in [1.29, 1.82) is 0 Å². The Bertz CT molecular complexity index is 1300. The third-order valence-electron chi connectivity index (χ3n) is 7.84. The predicted octanol–water partition coefficient (Wildman–Crippen LogP) is 5.22. The number of rotatable bonds is 6. The van der Waals surface area contributed by atoms with E-state index in [0.717, 1.165) is 21.4 Å². The number of hydrogen-bond acceptors (Lipinski definition) is 6. The van der Waals surface area contributed by atoms with Crippen LogP contribution in [0.15, 0.2) is 58.4 Å². The maximum absolute atomic E-state index is 13.2. The molecule has 6 rings (SSSR count). The Morgan fingerprint density at radius 3 is 2.34 bits per heavy atom. The Labute approximate surface area is 212 Å². The number of thioether (sulfide) groups is 1. The molecule has 1 amide bonds. The molecular formula is C27H28N2O4S2. The Morgan fingerprint density at radius 1 is 1.00 bits per heavy atom. The summed E-state index contributed by atoms with van der Waals surface area (Å²) in [6.07, 6.45) is 3.84. The van der Waals surface area contributed by atoms with Gasteiger partial charge in [0.15, 0.2) is 0 Å². The molecule has 1 N–H and O–H groups in total. The lowest BCUT2D eigenvalue weighted by atomic mass is 9.75. The summed E-state index contributed by atoms with van der Waals surface area (Å²) in [5, 5.41) is 4.41. The zero-order chi connectivity index (χ0) is 24.1. The maximum Gasteiger partial charge on any atom is 0.308 e. The number of hydrogen-bond donors (Lipinski definition) is 1. The van der Waals surface area contributed by atoms with Crippen LogP contribution in [0.5, 0.6) is 11.5 Å². The SMILES string of the molecule is COc1ccc(NC(=O)Cn2c3c(sc2=O)[C@@H](c2ccc(OC)cc2)C2C4CCC(C4)C2S3)cc1. The first-order valence-electron chi connectivity index (χ1n) is 12.0. The van der Waals surface area contributed by atoms with E-state index in [1.807, 2.05) is 23.9 Å². The highest BCUT2D eigenvalue weighted by Gasteiger charge is 2.55. The molecule has 2 aliphatic carbocycles. The fraction of sp³-hybridized carbons (Fsp3) is 0.407. The van der Waals surface area contributed by atoms with Gasteiger partial charge in [0.1, 0.15) is 18.0 Å². The van der Waals surface area contributed by atoms with Crippen molar-refractivity contribution in [2.45, 2.75) is 42.0 Å². The highest BCUT2D eigenvalue weighted by Crippen LogP contribution is 2.64. The minimum Gasteiger partial charge on any atom is -0.497 e. The first kappa shape index (κ1) is 22.7. The summed E-state index contributed by atoms with van der Waals surface area (Å²) in [5.41, 5.74) is 1.93. The molecule has 3 aliphatic rings. The van der Waals surface area contributed by atoms with Gasteiger partial charge in [-0.3, -0.25) is 14.2 Å². The zero-order valence-electron chi connectivity index (χ0n) is 19.7. The van der Waals surface area contributed by atoms with Crippen LogP contribution in [0.2, 0.25) is 0 Å². The third-order valence-corrected chi connectivity index (χ3v) is 10.7. The van der Waals surface area contributed by atoms with Crippen molar-refractivity contribution >= 4 is 34.7 Å². The fourth-order valence-electron chi connectivity index (χ4n) is 6.29. The van der Waals surface area contributed by atoms with Gasteiger partial charge in [-0.25, -0.2) is 0 Å². The number of anilines is 1. The Balaban J connectivity index is 1.33. The van der Waals surface area contributed by atoms with E-state index < -0.39 is 0 Å². The van der Waals surface area contributed by atoms with Crippen molar-refractivity contribution in [1.82, 2.24) is 4.57 Å². The summed E-state index contributed by atoms with van der Waals surface area (Å²) >= 11 is 3.17. The molecule has 8 heteroatoms. The molecular weight excluding hydrogens is 480 g/mol. The minimum atomic E-state index is -0.200. The molecule has 0 saturated heterocycles. The van der Waals surface area contributed by atoms with Crippen LogP contribution < -0.4 is 19.7 Å². The average molecular weight is 509 g/mol. The number of ether oxygens (including phenoxy) is 2. The number of benzene rings is 2. The normalized spacial score (nSPS) is 26.2. The quantitative estimate of drug-likeness (QED) is 0.495. The van der Waals surface area contributed by atoms with E-state index in [2.05, 4.69) is 17.4 Å². The summed E-state index contributed by atoms with van der Waals surface area (Å²) in [7, 11) is 3.29. The number of aromatic nitrogens is 1. The van der Waals surface area contributed by atoms with E-state index in [4.69, 9.17) is 9.47 Å². The zero-order valence-corrected chi connectivity index (χ0v) is 21.4. The second-order valence-electron chi connectivity index (χ2n) is 9.64. The van der Waals surface area contributed by atoms with Crippen molar-refractivity contribution in [3.8, 4) is 11.5 Å². The summed E-state index contributed by atoms with van der Waals surface area (Å²) < 4.78 is 12.3. The van der Waals surface area contributed by atoms with Crippen molar-refractivity contribution in [3.63, 3.8) is 0 Å². The topological polar surface area (TPSA) is 69.6 Å². The number of thiazole rings is 1. The van der Waals surface area contributed by atoms with E-state index in [-0.39, 0.29) is 23.2 Å². The van der Waals surface area contributed by atoms with Crippen molar-refractivity contribution < 1.29 is 14.3 Å². The first-order valence-corrected chi connectivity index (χ1v) is 13.7. The number of nitrogens with zero attached hydrogens (tertiary/aromatic N) is 1. The van der Waals surface area contributed by atoms with Gasteiger partial charge in [-0.05, 0) is 79.0 Å². The third kappa shape index (κ3) is 3.96. The number of carbonyl (C=O) groups excluding carboxylic acids is 1. The van der Waals surface area contributed by atoms with Crippen LogP contribution in [-0.4, -0.2) is 29.9 Å². The monoisotopic (exact) mass is 508 g/mol. The van der Waals surface area contributed by atoms with Gasteiger partial charge in [0.2, 0.25) is 5.91 Å². The molecule has 5 atom stereocenters. The van der Waals surface area contributed by atoms with Gasteiger partial charge >= 0.3 is 4.87 Å². The van der Waals surface area contributed by atoms with Gasteiger partial charge in [-0.15, -0.1) is 11.8 Å². The summed E-state index contributed by atoms with van der Waals surface area (Å²) in [5.74, 6) is 3.51. The summed E-state index contributed by atoms with van der Waals surface area (Å²) in [4.78, 5) is 27.2. The highest BCUT2D eigenvalue weighted by atomic mass is 32.2. The number of nitrogens with one attached hydrogen (secondary N) is 1. The number of amides is 1. The second kappa shape index (κ2) is 9.06. The molecule has 2 fully saturated rings. The predicted molar refractivity (Wildman–Crippen MR) is 139 cm³/mol. The summed E-state index contributed by atoms with van der Waals surface area (Å²) in [6, 6.07) is 15.5. The molecule has 2 aromatic carbocycles. The molecule has 1 aliphatic heterocycles. The Kier molecular flexibility index (Phi) is 5.89. The maximum atomic E-state index is 13.2. The molecule has 2 saturated carbocycles. The van der Waals surface area contributed by atoms with E-state index in [1.165, 1.54) is 36.2 Å². The highest BCUT2D eigenvalue weighted by molar-refractivity contribution is 8.00. The number of methoxy groups -OCH3 is 2. The first-order chi connectivity index (χ1) is 17.1. The van der Waals surface area contributed by atoms with Crippen LogP contribution in [0.25, 0.3) is 0 Å². The van der Waals surface area contributed by atoms with Crippen molar-refractivity contribution in [2.75, 3.05) is 19.5 Å². The molecule has 4 unspecified atom stereocenters. The van der Waals surface area contributed by atoms with Gasteiger partial charge in [0, 0.05) is 21.7 Å². The van der Waals surface area contributed by atoms with Crippen LogP contribution >= 0.6 is 23.1 Å². The molecule has 0 spiro atoms. The van der Waals surface area contributed by atoms with Gasteiger partial charge in [-0.2, -0.15) is 0 Å². The van der Waals surface area contributed by atoms with Gasteiger partial charge < -0.3 is 14.8 Å². The molecule has 35 heavy (non-hydrogen) atoms. The molecule has 2 heterocycles. The number of fused-ring (bicyclic) bond motifs is 6. The standard InChI is InChI=1S/C27H28N2O4S2/c1-32-19-9-5-15(6-10-19)22-23-16-3-4-17(13-16)24(23)34-26-25(22)35-27(31)29(26)14-21(30)28-18-7-11-20(33-2)12-8-18/h5-12,16-17,22-24H,3-4,13-14H2,1-2H3,(H,28,30)/t16?,17?,22-,23?,24?/m0/s1. The second-order valence-corrected chi connectivity index (χ2v) is 11.8. The van der Waals surface area contributed by atoms with Crippen molar-refractivity contribution in [2.24, 2.45) is 17.8 Å². The molecule has 2 bridgehead atoms. The van der Waals surface area contributed by atoms with Gasteiger partial charge in [-0.1, -0.05) is 23.5 Å². The summed E-state index contributed by atoms with van der Waals surface area (Å²) in [6.45, 7) is 0.0184. The lowest BCUT2D eigenvalue weighted by Gasteiger charge is -2.40. The molecule has 6 nitrogen and oxygen atoms in total. The largest absolute Gasteiger partial charge is 0.497 e.